The molecule has 0 aliphatic carbocycles. The number of nitrogens with zero attached hydrogens (tertiary/aromatic N) is 2. The van der Waals surface area contributed by atoms with Crippen LogP contribution in [0, 0.1) is 12.8 Å². The van der Waals surface area contributed by atoms with E-state index in [1.807, 2.05) is 35.2 Å². The zero-order valence-electron chi connectivity index (χ0n) is 12.5. The molecular weight excluding hydrogens is 302 g/mol. The van der Waals surface area contributed by atoms with Crippen LogP contribution in [0.4, 0.5) is 0 Å². The lowest BCUT2D eigenvalue weighted by molar-refractivity contribution is 0.0786. The summed E-state index contributed by atoms with van der Waals surface area (Å²) in [5.41, 5.74) is 7.78. The van der Waals surface area contributed by atoms with Gasteiger partial charge in [0.15, 0.2) is 0 Å². The third-order valence-corrected chi connectivity index (χ3v) is 4.03. The van der Waals surface area contributed by atoms with Gasteiger partial charge in [0.05, 0.1) is 0 Å². The van der Waals surface area contributed by atoms with Crippen molar-refractivity contribution in [2.24, 2.45) is 11.7 Å². The fourth-order valence-electron chi connectivity index (χ4n) is 2.78. The maximum atomic E-state index is 12.8. The number of aromatic nitrogens is 1. The van der Waals surface area contributed by atoms with Gasteiger partial charge in [-0.2, -0.15) is 0 Å². The fourth-order valence-corrected chi connectivity index (χ4v) is 2.78. The molecule has 1 saturated heterocycles. The van der Waals surface area contributed by atoms with E-state index in [0.29, 0.717) is 36.0 Å². The zero-order valence-corrected chi connectivity index (χ0v) is 13.3. The van der Waals surface area contributed by atoms with Crippen molar-refractivity contribution in [3.63, 3.8) is 0 Å². The minimum absolute atomic E-state index is 0. The van der Waals surface area contributed by atoms with Gasteiger partial charge in [0.25, 0.3) is 5.91 Å². The molecule has 1 aromatic carbocycles. The van der Waals surface area contributed by atoms with Crippen LogP contribution in [0.2, 0.25) is 0 Å². The molecule has 3 rings (SSSR count). The lowest BCUT2D eigenvalue weighted by atomic mass is 10.1. The quantitative estimate of drug-likeness (QED) is 0.942. The largest absolute Gasteiger partial charge is 0.360 e. The van der Waals surface area contributed by atoms with Crippen LogP contribution in [-0.4, -0.2) is 35.6 Å². The highest BCUT2D eigenvalue weighted by atomic mass is 35.5. The van der Waals surface area contributed by atoms with Crippen molar-refractivity contribution in [1.82, 2.24) is 10.1 Å². The Morgan fingerprint density at radius 3 is 2.77 bits per heavy atom. The molecule has 2 heterocycles. The second-order valence-electron chi connectivity index (χ2n) is 5.47. The second-order valence-corrected chi connectivity index (χ2v) is 5.47. The maximum Gasteiger partial charge on any atom is 0.259 e. The number of likely N-dealkylation sites (tertiary alicyclic amines) is 1. The molecule has 0 spiro atoms. The number of nitrogens with two attached hydrogens (primary N) is 1. The molecule has 1 amide bonds. The second kappa shape index (κ2) is 6.94. The van der Waals surface area contributed by atoms with E-state index in [0.717, 1.165) is 18.5 Å². The smallest absolute Gasteiger partial charge is 0.259 e. The molecule has 6 heteroatoms. The summed E-state index contributed by atoms with van der Waals surface area (Å²) >= 11 is 0. The number of hydrogen-bond acceptors (Lipinski definition) is 4. The molecule has 5 nitrogen and oxygen atoms in total. The molecule has 0 radical (unpaired) electrons. The van der Waals surface area contributed by atoms with E-state index >= 15 is 0 Å². The molecule has 1 aliphatic heterocycles. The SMILES string of the molecule is Cc1onc(-c2ccccc2)c1C(=O)N1CCC(CN)C1.Cl. The number of hydrogen-bond donors (Lipinski definition) is 1. The topological polar surface area (TPSA) is 72.4 Å². The average molecular weight is 322 g/mol. The van der Waals surface area contributed by atoms with Crippen LogP contribution < -0.4 is 5.73 Å². The van der Waals surface area contributed by atoms with Crippen molar-refractivity contribution in [1.29, 1.82) is 0 Å². The van der Waals surface area contributed by atoms with Crippen molar-refractivity contribution >= 4 is 18.3 Å². The van der Waals surface area contributed by atoms with E-state index < -0.39 is 0 Å². The number of carbonyl (C=O) groups excluding carboxylic acids is 1. The number of rotatable bonds is 3. The predicted octanol–water partition coefficient (Wildman–Crippen LogP) is 2.49. The summed E-state index contributed by atoms with van der Waals surface area (Å²) in [7, 11) is 0. The van der Waals surface area contributed by atoms with Crippen molar-refractivity contribution in [2.45, 2.75) is 13.3 Å². The Bertz CT molecular complexity index is 642. The molecule has 22 heavy (non-hydrogen) atoms. The Kier molecular flexibility index (Phi) is 5.21. The standard InChI is InChI=1S/C16H19N3O2.ClH/c1-11-14(16(20)19-8-7-12(9-17)10-19)15(18-21-11)13-5-3-2-4-6-13;/h2-6,12H,7-10,17H2,1H3;1H. The van der Waals surface area contributed by atoms with Gasteiger partial charge in [-0.3, -0.25) is 4.79 Å². The van der Waals surface area contributed by atoms with Gasteiger partial charge in [-0.15, -0.1) is 12.4 Å². The van der Waals surface area contributed by atoms with E-state index in [4.69, 9.17) is 10.3 Å². The van der Waals surface area contributed by atoms with Gasteiger partial charge < -0.3 is 15.2 Å². The molecule has 0 bridgehead atoms. The molecule has 1 fully saturated rings. The molecule has 2 N–H and O–H groups in total. The van der Waals surface area contributed by atoms with Crippen LogP contribution >= 0.6 is 12.4 Å². The summed E-state index contributed by atoms with van der Waals surface area (Å²) in [6.45, 7) is 3.87. The molecular formula is C16H20ClN3O2. The van der Waals surface area contributed by atoms with Crippen LogP contribution in [0.15, 0.2) is 34.9 Å². The third-order valence-electron chi connectivity index (χ3n) is 4.03. The van der Waals surface area contributed by atoms with Gasteiger partial charge in [-0.1, -0.05) is 35.5 Å². The molecule has 2 aromatic rings. The Morgan fingerprint density at radius 1 is 1.41 bits per heavy atom. The van der Waals surface area contributed by atoms with E-state index in [-0.39, 0.29) is 18.3 Å². The van der Waals surface area contributed by atoms with Gasteiger partial charge >= 0.3 is 0 Å². The Hall–Kier alpha value is -1.85. The first-order valence-corrected chi connectivity index (χ1v) is 7.21. The van der Waals surface area contributed by atoms with Crippen LogP contribution in [0.1, 0.15) is 22.5 Å². The van der Waals surface area contributed by atoms with Gasteiger partial charge in [0.2, 0.25) is 0 Å². The monoisotopic (exact) mass is 321 g/mol. The molecule has 1 unspecified atom stereocenters. The van der Waals surface area contributed by atoms with E-state index in [1.165, 1.54) is 0 Å². The molecule has 1 atom stereocenters. The van der Waals surface area contributed by atoms with Crippen molar-refractivity contribution < 1.29 is 9.32 Å². The summed E-state index contributed by atoms with van der Waals surface area (Å²) < 4.78 is 5.26. The number of benzene rings is 1. The number of amides is 1. The fraction of sp³-hybridized carbons (Fsp3) is 0.375. The van der Waals surface area contributed by atoms with Gasteiger partial charge in [-0.25, -0.2) is 0 Å². The normalized spacial score (nSPS) is 17.4. The summed E-state index contributed by atoms with van der Waals surface area (Å²) in [5, 5.41) is 4.07. The molecule has 1 aromatic heterocycles. The average Bonchev–Trinajstić information content (AvgIpc) is 3.14. The van der Waals surface area contributed by atoms with Gasteiger partial charge in [0.1, 0.15) is 17.0 Å². The summed E-state index contributed by atoms with van der Waals surface area (Å²) in [6.07, 6.45) is 0.966. The van der Waals surface area contributed by atoms with Crippen molar-refractivity contribution in [2.75, 3.05) is 19.6 Å². The molecule has 0 saturated carbocycles. The van der Waals surface area contributed by atoms with E-state index in [9.17, 15) is 4.79 Å². The molecule has 118 valence electrons. The summed E-state index contributed by atoms with van der Waals surface area (Å²) in [5.74, 6) is 0.952. The first kappa shape index (κ1) is 16.5. The summed E-state index contributed by atoms with van der Waals surface area (Å²) in [4.78, 5) is 14.6. The minimum atomic E-state index is -0.0106. The first-order valence-electron chi connectivity index (χ1n) is 7.21. The van der Waals surface area contributed by atoms with Crippen molar-refractivity contribution in [3.05, 3.63) is 41.7 Å². The Labute approximate surface area is 135 Å². The zero-order chi connectivity index (χ0) is 14.8. The Morgan fingerprint density at radius 2 is 2.14 bits per heavy atom. The highest BCUT2D eigenvalue weighted by molar-refractivity contribution is 6.00. The number of carbonyl (C=O) groups is 1. The van der Waals surface area contributed by atoms with E-state index in [1.54, 1.807) is 6.92 Å². The van der Waals surface area contributed by atoms with E-state index in [2.05, 4.69) is 5.16 Å². The lowest BCUT2D eigenvalue weighted by Gasteiger charge is -2.16. The van der Waals surface area contributed by atoms with Crippen LogP contribution in [0.25, 0.3) is 11.3 Å². The lowest BCUT2D eigenvalue weighted by Crippen LogP contribution is -2.30. The van der Waals surface area contributed by atoms with Crippen molar-refractivity contribution in [3.8, 4) is 11.3 Å². The Balaban J connectivity index is 0.00000176. The first-order chi connectivity index (χ1) is 10.2. The van der Waals surface area contributed by atoms with Crippen LogP contribution in [-0.2, 0) is 0 Å². The minimum Gasteiger partial charge on any atom is -0.360 e. The predicted molar refractivity (Wildman–Crippen MR) is 87.0 cm³/mol. The maximum absolute atomic E-state index is 12.8. The van der Waals surface area contributed by atoms with Crippen LogP contribution in [0.3, 0.4) is 0 Å². The highest BCUT2D eigenvalue weighted by Crippen LogP contribution is 2.28. The summed E-state index contributed by atoms with van der Waals surface area (Å²) in [6, 6.07) is 9.65. The number of aryl methyl sites for hydroxylation is 1. The van der Waals surface area contributed by atoms with Gasteiger partial charge in [-0.05, 0) is 25.8 Å². The van der Waals surface area contributed by atoms with Crippen LogP contribution in [0.5, 0.6) is 0 Å². The highest BCUT2D eigenvalue weighted by Gasteiger charge is 2.30. The molecule has 1 aliphatic rings. The van der Waals surface area contributed by atoms with Gasteiger partial charge in [0, 0.05) is 18.7 Å². The number of halogens is 1. The third kappa shape index (κ3) is 3.00.